The lowest BCUT2D eigenvalue weighted by Crippen LogP contribution is -1.94. The molecule has 0 amide bonds. The van der Waals surface area contributed by atoms with Crippen LogP contribution in [0, 0.1) is 0 Å². The predicted molar refractivity (Wildman–Crippen MR) is 50.2 cm³/mol. The molecule has 0 aliphatic carbocycles. The molecule has 2 nitrogen and oxygen atoms in total. The van der Waals surface area contributed by atoms with Crippen molar-refractivity contribution in [1.29, 1.82) is 0 Å². The lowest BCUT2D eigenvalue weighted by Gasteiger charge is -1.94. The maximum absolute atomic E-state index is 7.00. The Balaban J connectivity index is 0.000000461. The van der Waals surface area contributed by atoms with Gasteiger partial charge in [0.05, 0.1) is 0 Å². The van der Waals surface area contributed by atoms with Crippen molar-refractivity contribution >= 4 is 15.9 Å². The minimum atomic E-state index is 0.611. The summed E-state index contributed by atoms with van der Waals surface area (Å²) in [6.07, 6.45) is 0. The fourth-order valence-electron chi connectivity index (χ4n) is 0.664. The van der Waals surface area contributed by atoms with Crippen molar-refractivity contribution in [3.05, 3.63) is 34.3 Å². The minimum absolute atomic E-state index is 0.611. The molecule has 0 aliphatic heterocycles. The molecule has 0 atom stereocenters. The SMILES string of the molecule is CO.NCc1cccc(Br)c1. The molecule has 0 spiro atoms. The van der Waals surface area contributed by atoms with Crippen molar-refractivity contribution < 1.29 is 5.11 Å². The van der Waals surface area contributed by atoms with E-state index in [4.69, 9.17) is 10.8 Å². The first-order valence-electron chi connectivity index (χ1n) is 3.22. The highest BCUT2D eigenvalue weighted by Gasteiger charge is 1.87. The molecule has 11 heavy (non-hydrogen) atoms. The quantitative estimate of drug-likeness (QED) is 0.750. The Kier molecular flexibility index (Phi) is 6.12. The Morgan fingerprint density at radius 1 is 1.45 bits per heavy atom. The van der Waals surface area contributed by atoms with E-state index in [1.807, 2.05) is 24.3 Å². The standard InChI is InChI=1S/C7H8BrN.CH4O/c8-7-3-1-2-6(4-7)5-9;1-2/h1-4H,5,9H2;2H,1H3. The number of aliphatic hydroxyl groups excluding tert-OH is 1. The molecule has 0 radical (unpaired) electrons. The van der Waals surface area contributed by atoms with Gasteiger partial charge in [0.15, 0.2) is 0 Å². The second-order valence-corrected chi connectivity index (χ2v) is 2.75. The van der Waals surface area contributed by atoms with Gasteiger partial charge < -0.3 is 10.8 Å². The van der Waals surface area contributed by atoms with Crippen molar-refractivity contribution in [1.82, 2.24) is 0 Å². The highest BCUT2D eigenvalue weighted by atomic mass is 79.9. The molecule has 0 bridgehead atoms. The van der Waals surface area contributed by atoms with Gasteiger partial charge >= 0.3 is 0 Å². The highest BCUT2D eigenvalue weighted by Crippen LogP contribution is 2.10. The highest BCUT2D eigenvalue weighted by molar-refractivity contribution is 9.10. The van der Waals surface area contributed by atoms with E-state index in [1.165, 1.54) is 0 Å². The maximum Gasteiger partial charge on any atom is 0.0319 e. The van der Waals surface area contributed by atoms with Gasteiger partial charge in [0.25, 0.3) is 0 Å². The van der Waals surface area contributed by atoms with Crippen molar-refractivity contribution in [2.24, 2.45) is 5.73 Å². The van der Waals surface area contributed by atoms with Crippen LogP contribution in [-0.2, 0) is 6.54 Å². The normalized spacial score (nSPS) is 8.36. The van der Waals surface area contributed by atoms with Gasteiger partial charge in [-0.25, -0.2) is 0 Å². The summed E-state index contributed by atoms with van der Waals surface area (Å²) in [5.74, 6) is 0. The Morgan fingerprint density at radius 3 is 2.45 bits per heavy atom. The van der Waals surface area contributed by atoms with Gasteiger partial charge in [0.2, 0.25) is 0 Å². The number of hydrogen-bond donors (Lipinski definition) is 2. The lowest BCUT2D eigenvalue weighted by atomic mass is 10.2. The van der Waals surface area contributed by atoms with Gasteiger partial charge in [-0.15, -0.1) is 0 Å². The van der Waals surface area contributed by atoms with Crippen LogP contribution in [0.3, 0.4) is 0 Å². The van der Waals surface area contributed by atoms with E-state index >= 15 is 0 Å². The van der Waals surface area contributed by atoms with Crippen LogP contribution in [0.1, 0.15) is 5.56 Å². The number of hydrogen-bond acceptors (Lipinski definition) is 2. The molecule has 0 aromatic heterocycles. The molecule has 0 aliphatic rings. The van der Waals surface area contributed by atoms with Gasteiger partial charge in [-0.3, -0.25) is 0 Å². The Bertz CT molecular complexity index is 203. The van der Waals surface area contributed by atoms with E-state index in [9.17, 15) is 0 Å². The molecule has 1 rings (SSSR count). The number of benzene rings is 1. The van der Waals surface area contributed by atoms with E-state index in [0.717, 1.165) is 17.1 Å². The molecular formula is C8H12BrNO. The predicted octanol–water partition coefficient (Wildman–Crippen LogP) is 1.52. The average Bonchev–Trinajstić information content (AvgIpc) is 2.08. The third-order valence-electron chi connectivity index (χ3n) is 1.12. The van der Waals surface area contributed by atoms with Gasteiger partial charge in [0.1, 0.15) is 0 Å². The van der Waals surface area contributed by atoms with Gasteiger partial charge in [-0.1, -0.05) is 28.1 Å². The van der Waals surface area contributed by atoms with Gasteiger partial charge in [-0.2, -0.15) is 0 Å². The van der Waals surface area contributed by atoms with Gasteiger partial charge in [-0.05, 0) is 17.7 Å². The third-order valence-corrected chi connectivity index (χ3v) is 1.62. The molecule has 0 saturated heterocycles. The van der Waals surface area contributed by atoms with Crippen LogP contribution in [-0.4, -0.2) is 12.2 Å². The van der Waals surface area contributed by atoms with Crippen LogP contribution in [0.15, 0.2) is 28.7 Å². The first-order chi connectivity index (χ1) is 5.33. The summed E-state index contributed by atoms with van der Waals surface area (Å²) in [5, 5.41) is 7.00. The number of halogens is 1. The monoisotopic (exact) mass is 217 g/mol. The largest absolute Gasteiger partial charge is 0.400 e. The van der Waals surface area contributed by atoms with Crippen LogP contribution in [0.4, 0.5) is 0 Å². The van der Waals surface area contributed by atoms with Gasteiger partial charge in [0, 0.05) is 18.1 Å². The molecule has 3 N–H and O–H groups in total. The third kappa shape index (κ3) is 4.14. The minimum Gasteiger partial charge on any atom is -0.400 e. The fourth-order valence-corrected chi connectivity index (χ4v) is 1.11. The van der Waals surface area contributed by atoms with Crippen LogP contribution < -0.4 is 5.73 Å². The summed E-state index contributed by atoms with van der Waals surface area (Å²) in [4.78, 5) is 0. The van der Waals surface area contributed by atoms with Crippen LogP contribution >= 0.6 is 15.9 Å². The van der Waals surface area contributed by atoms with Crippen LogP contribution in [0.2, 0.25) is 0 Å². The molecular weight excluding hydrogens is 206 g/mol. The Hall–Kier alpha value is -0.380. The molecule has 1 aromatic carbocycles. The zero-order chi connectivity index (χ0) is 8.69. The van der Waals surface area contributed by atoms with E-state index in [1.54, 1.807) is 0 Å². The second-order valence-electron chi connectivity index (χ2n) is 1.83. The zero-order valence-electron chi connectivity index (χ0n) is 6.42. The lowest BCUT2D eigenvalue weighted by molar-refractivity contribution is 0.399. The smallest absolute Gasteiger partial charge is 0.0319 e. The molecule has 1 aromatic rings. The summed E-state index contributed by atoms with van der Waals surface area (Å²) >= 11 is 3.35. The summed E-state index contributed by atoms with van der Waals surface area (Å²) < 4.78 is 1.09. The Morgan fingerprint density at radius 2 is 2.09 bits per heavy atom. The molecule has 0 heterocycles. The van der Waals surface area contributed by atoms with E-state index in [0.29, 0.717) is 6.54 Å². The number of rotatable bonds is 1. The summed E-state index contributed by atoms with van der Waals surface area (Å²) in [5.41, 5.74) is 6.55. The maximum atomic E-state index is 7.00. The first kappa shape index (κ1) is 10.6. The van der Waals surface area contributed by atoms with E-state index in [-0.39, 0.29) is 0 Å². The van der Waals surface area contributed by atoms with E-state index in [2.05, 4.69) is 15.9 Å². The van der Waals surface area contributed by atoms with Crippen molar-refractivity contribution in [2.45, 2.75) is 6.54 Å². The zero-order valence-corrected chi connectivity index (χ0v) is 8.01. The number of nitrogens with two attached hydrogens (primary N) is 1. The fraction of sp³-hybridized carbons (Fsp3) is 0.250. The molecule has 0 saturated carbocycles. The topological polar surface area (TPSA) is 46.2 Å². The van der Waals surface area contributed by atoms with Crippen LogP contribution in [0.5, 0.6) is 0 Å². The molecule has 0 unspecified atom stereocenters. The Labute approximate surface area is 75.2 Å². The summed E-state index contributed by atoms with van der Waals surface area (Å²) in [6, 6.07) is 7.98. The van der Waals surface area contributed by atoms with Crippen molar-refractivity contribution in [2.75, 3.05) is 7.11 Å². The summed E-state index contributed by atoms with van der Waals surface area (Å²) in [7, 11) is 1.00. The van der Waals surface area contributed by atoms with Crippen molar-refractivity contribution in [3.8, 4) is 0 Å². The second kappa shape index (κ2) is 6.34. The van der Waals surface area contributed by atoms with E-state index < -0.39 is 0 Å². The molecule has 62 valence electrons. The summed E-state index contributed by atoms with van der Waals surface area (Å²) in [6.45, 7) is 0.611. The number of aliphatic hydroxyl groups is 1. The van der Waals surface area contributed by atoms with Crippen molar-refractivity contribution in [3.63, 3.8) is 0 Å². The molecule has 0 fully saturated rings. The average molecular weight is 218 g/mol. The molecule has 3 heteroatoms. The first-order valence-corrected chi connectivity index (χ1v) is 4.01. The van der Waals surface area contributed by atoms with Crippen LogP contribution in [0.25, 0.3) is 0 Å².